The lowest BCUT2D eigenvalue weighted by Gasteiger charge is -2.23. The lowest BCUT2D eigenvalue weighted by atomic mass is 9.93. The molecule has 3 rings (SSSR count). The first-order valence-corrected chi connectivity index (χ1v) is 11.5. The van der Waals surface area contributed by atoms with Gasteiger partial charge in [0.05, 0.1) is 28.4 Å². The van der Waals surface area contributed by atoms with Crippen molar-refractivity contribution in [1.82, 2.24) is 9.03 Å². The Bertz CT molecular complexity index is 1150. The molecular weight excluding hydrogens is 452 g/mol. The first-order valence-electron chi connectivity index (χ1n) is 10.1. The van der Waals surface area contributed by atoms with Crippen molar-refractivity contribution >= 4 is 16.4 Å². The summed E-state index contributed by atoms with van der Waals surface area (Å²) in [6.45, 7) is 0. The molecule has 10 nitrogen and oxygen atoms in total. The van der Waals surface area contributed by atoms with Crippen LogP contribution in [0.2, 0.25) is 0 Å². The predicted octanol–water partition coefficient (Wildman–Crippen LogP) is 2.91. The van der Waals surface area contributed by atoms with Crippen LogP contribution in [-0.4, -0.2) is 61.4 Å². The second kappa shape index (κ2) is 9.86. The number of hydrogen-bond acceptors (Lipinski definition) is 8. The number of methoxy groups -OCH3 is 4. The first kappa shape index (κ1) is 24.6. The fraction of sp³-hybridized carbons (Fsp3) is 0.409. The van der Waals surface area contributed by atoms with E-state index in [0.717, 1.165) is 15.4 Å². The highest BCUT2D eigenvalue weighted by Crippen LogP contribution is 2.51. The van der Waals surface area contributed by atoms with Gasteiger partial charge >= 0.3 is 6.16 Å². The molecule has 0 aromatic heterocycles. The summed E-state index contributed by atoms with van der Waals surface area (Å²) < 4.78 is 55.7. The molecule has 1 atom stereocenters. The SMILES string of the molecule is COC(=O)Oc1ccc2c(c1)[C@@H](NS(=O)(=O)N(C)C)CCc1cc(OC)c(OC)c(OC)c1-2. The van der Waals surface area contributed by atoms with Gasteiger partial charge in [-0.1, -0.05) is 6.07 Å². The van der Waals surface area contributed by atoms with Gasteiger partial charge in [0.25, 0.3) is 10.2 Å². The van der Waals surface area contributed by atoms with Gasteiger partial charge in [0.2, 0.25) is 5.75 Å². The molecule has 1 aliphatic rings. The molecule has 1 N–H and O–H groups in total. The van der Waals surface area contributed by atoms with Crippen LogP contribution < -0.4 is 23.7 Å². The van der Waals surface area contributed by atoms with Crippen LogP contribution in [0, 0.1) is 0 Å². The van der Waals surface area contributed by atoms with Crippen molar-refractivity contribution in [2.24, 2.45) is 0 Å². The van der Waals surface area contributed by atoms with Gasteiger partial charge in [-0.3, -0.25) is 0 Å². The second-order valence-corrected chi connectivity index (χ2v) is 9.40. The number of nitrogens with one attached hydrogen (secondary N) is 1. The molecule has 180 valence electrons. The van der Waals surface area contributed by atoms with E-state index in [1.165, 1.54) is 35.4 Å². The summed E-state index contributed by atoms with van der Waals surface area (Å²) in [5.74, 6) is 1.61. The minimum absolute atomic E-state index is 0.220. The third kappa shape index (κ3) is 4.85. The number of benzene rings is 2. The van der Waals surface area contributed by atoms with Crippen molar-refractivity contribution in [1.29, 1.82) is 0 Å². The number of nitrogens with zero attached hydrogens (tertiary/aromatic N) is 1. The quantitative estimate of drug-likeness (QED) is 0.476. The Hall–Kier alpha value is -3.02. The summed E-state index contributed by atoms with van der Waals surface area (Å²) in [5, 5.41) is 0. The Balaban J connectivity index is 2.27. The van der Waals surface area contributed by atoms with Crippen LogP contribution in [0.15, 0.2) is 24.3 Å². The Morgan fingerprint density at radius 1 is 1.03 bits per heavy atom. The van der Waals surface area contributed by atoms with Gasteiger partial charge in [0, 0.05) is 25.7 Å². The van der Waals surface area contributed by atoms with Gasteiger partial charge in [-0.15, -0.1) is 0 Å². The van der Waals surface area contributed by atoms with E-state index in [4.69, 9.17) is 18.9 Å². The molecule has 33 heavy (non-hydrogen) atoms. The van der Waals surface area contributed by atoms with Crippen LogP contribution in [0.3, 0.4) is 0 Å². The van der Waals surface area contributed by atoms with E-state index in [9.17, 15) is 13.2 Å². The normalized spacial score (nSPS) is 15.2. The molecule has 0 unspecified atom stereocenters. The van der Waals surface area contributed by atoms with Gasteiger partial charge in [0.1, 0.15) is 5.75 Å². The molecular formula is C22H28N2O8S. The van der Waals surface area contributed by atoms with Crippen molar-refractivity contribution in [3.8, 4) is 34.1 Å². The largest absolute Gasteiger partial charge is 0.513 e. The van der Waals surface area contributed by atoms with Crippen molar-refractivity contribution in [2.45, 2.75) is 18.9 Å². The fourth-order valence-electron chi connectivity index (χ4n) is 3.82. The third-order valence-electron chi connectivity index (χ3n) is 5.42. The first-order chi connectivity index (χ1) is 15.7. The van der Waals surface area contributed by atoms with Crippen molar-refractivity contribution in [3.63, 3.8) is 0 Å². The third-order valence-corrected chi connectivity index (χ3v) is 6.97. The zero-order valence-electron chi connectivity index (χ0n) is 19.4. The maximum absolute atomic E-state index is 12.7. The van der Waals surface area contributed by atoms with E-state index in [2.05, 4.69) is 9.46 Å². The molecule has 1 aliphatic carbocycles. The lowest BCUT2D eigenvalue weighted by Crippen LogP contribution is -2.38. The standard InChI is InChI=1S/C22H28N2O8S/c1-24(2)33(26,27)23-17-10-7-13-11-18(28-3)20(29-4)21(30-5)19(13)15-9-8-14(12-16(15)17)32-22(25)31-6/h8-9,11-12,17,23H,7,10H2,1-6H3/t17-/m0/s1. The van der Waals surface area contributed by atoms with E-state index in [-0.39, 0.29) is 5.75 Å². The van der Waals surface area contributed by atoms with Crippen LogP contribution in [0.1, 0.15) is 23.6 Å². The summed E-state index contributed by atoms with van der Waals surface area (Å²) >= 11 is 0. The minimum atomic E-state index is -3.76. The van der Waals surface area contributed by atoms with Crippen LogP contribution in [0.5, 0.6) is 23.0 Å². The van der Waals surface area contributed by atoms with Gasteiger partial charge in [-0.2, -0.15) is 17.4 Å². The number of hydrogen-bond donors (Lipinski definition) is 1. The molecule has 0 saturated heterocycles. The van der Waals surface area contributed by atoms with Crippen molar-refractivity contribution in [2.75, 3.05) is 42.5 Å². The Morgan fingerprint density at radius 2 is 1.73 bits per heavy atom. The van der Waals surface area contributed by atoms with Crippen LogP contribution in [-0.2, 0) is 21.4 Å². The molecule has 0 saturated carbocycles. The van der Waals surface area contributed by atoms with Crippen molar-refractivity contribution < 1.29 is 36.9 Å². The van der Waals surface area contributed by atoms with E-state index in [1.807, 2.05) is 6.07 Å². The number of ether oxygens (including phenoxy) is 5. The fourth-order valence-corrected chi connectivity index (χ4v) is 4.64. The van der Waals surface area contributed by atoms with E-state index in [1.54, 1.807) is 25.3 Å². The van der Waals surface area contributed by atoms with Gasteiger partial charge < -0.3 is 23.7 Å². The average molecular weight is 481 g/mol. The molecule has 0 fully saturated rings. The highest BCUT2D eigenvalue weighted by Gasteiger charge is 2.31. The maximum Gasteiger partial charge on any atom is 0.513 e. The minimum Gasteiger partial charge on any atom is -0.493 e. The highest BCUT2D eigenvalue weighted by molar-refractivity contribution is 7.87. The summed E-state index contributed by atoms with van der Waals surface area (Å²) in [6, 6.07) is 6.24. The number of rotatable bonds is 7. The summed E-state index contributed by atoms with van der Waals surface area (Å²) in [7, 11) is 4.94. The van der Waals surface area contributed by atoms with E-state index >= 15 is 0 Å². The Kier molecular flexibility index (Phi) is 7.35. The molecule has 0 aliphatic heterocycles. The number of fused-ring (bicyclic) bond motifs is 3. The summed E-state index contributed by atoms with van der Waals surface area (Å²) in [4.78, 5) is 11.7. The Labute approximate surface area is 193 Å². The lowest BCUT2D eigenvalue weighted by molar-refractivity contribution is 0.121. The van der Waals surface area contributed by atoms with Crippen molar-refractivity contribution in [3.05, 3.63) is 35.4 Å². The van der Waals surface area contributed by atoms with Crippen LogP contribution >= 0.6 is 0 Å². The number of aryl methyl sites for hydroxylation is 1. The highest BCUT2D eigenvalue weighted by atomic mass is 32.2. The molecule has 11 heteroatoms. The van der Waals surface area contributed by atoms with Crippen LogP contribution in [0.25, 0.3) is 11.1 Å². The van der Waals surface area contributed by atoms with Crippen LogP contribution in [0.4, 0.5) is 4.79 Å². The van der Waals surface area contributed by atoms with E-state index < -0.39 is 22.4 Å². The smallest absolute Gasteiger partial charge is 0.493 e. The van der Waals surface area contributed by atoms with E-state index in [0.29, 0.717) is 41.2 Å². The summed E-state index contributed by atoms with van der Waals surface area (Å²) in [6.07, 6.45) is 0.0837. The van der Waals surface area contributed by atoms with Gasteiger partial charge in [-0.05, 0) is 47.7 Å². The molecule has 0 radical (unpaired) electrons. The van der Waals surface area contributed by atoms with Gasteiger partial charge in [-0.25, -0.2) is 4.79 Å². The molecule has 0 amide bonds. The monoisotopic (exact) mass is 480 g/mol. The zero-order chi connectivity index (χ0) is 24.3. The maximum atomic E-state index is 12.7. The van der Waals surface area contributed by atoms with Gasteiger partial charge in [0.15, 0.2) is 11.5 Å². The number of carbonyl (C=O) groups is 1. The molecule has 2 aromatic carbocycles. The second-order valence-electron chi connectivity index (χ2n) is 7.48. The topological polar surface area (TPSA) is 113 Å². The zero-order valence-corrected chi connectivity index (χ0v) is 20.2. The molecule has 0 bridgehead atoms. The average Bonchev–Trinajstić information content (AvgIpc) is 2.94. The molecule has 0 spiro atoms. The predicted molar refractivity (Wildman–Crippen MR) is 121 cm³/mol. The number of carbonyl (C=O) groups excluding carboxylic acids is 1. The molecule has 0 heterocycles. The Morgan fingerprint density at radius 3 is 2.30 bits per heavy atom. The molecule has 2 aromatic rings. The summed E-state index contributed by atoms with van der Waals surface area (Å²) in [5.41, 5.74) is 2.98.